The maximum atomic E-state index is 12.2. The minimum atomic E-state index is -0.899. The lowest BCUT2D eigenvalue weighted by Gasteiger charge is -2.20. The number of aliphatic hydroxyl groups excluding tert-OH is 1. The highest BCUT2D eigenvalue weighted by Gasteiger charge is 2.47. The highest BCUT2D eigenvalue weighted by molar-refractivity contribution is 6.04. The van der Waals surface area contributed by atoms with Crippen LogP contribution in [0, 0.1) is 13.8 Å². The Morgan fingerprint density at radius 1 is 1.35 bits per heavy atom. The predicted molar refractivity (Wildman–Crippen MR) is 84.3 cm³/mol. The van der Waals surface area contributed by atoms with Crippen molar-refractivity contribution in [1.29, 1.82) is 0 Å². The topological polar surface area (TPSA) is 70.1 Å². The van der Waals surface area contributed by atoms with Crippen LogP contribution in [0.4, 0.5) is 4.79 Å². The molecule has 2 saturated heterocycles. The Balaban J connectivity index is 1.56. The normalized spacial score (nSPS) is 21.8. The zero-order valence-electron chi connectivity index (χ0n) is 13.5. The van der Waals surface area contributed by atoms with E-state index in [-0.39, 0.29) is 31.1 Å². The van der Waals surface area contributed by atoms with E-state index < -0.39 is 6.10 Å². The van der Waals surface area contributed by atoms with Crippen LogP contribution in [0.15, 0.2) is 18.2 Å². The number of ether oxygens (including phenoxy) is 1. The minimum absolute atomic E-state index is 0.0183. The van der Waals surface area contributed by atoms with E-state index in [1.807, 2.05) is 32.0 Å². The molecule has 6 nitrogen and oxygen atoms in total. The monoisotopic (exact) mass is 318 g/mol. The van der Waals surface area contributed by atoms with Gasteiger partial charge in [-0.25, -0.2) is 4.79 Å². The Hall–Kier alpha value is -2.08. The average Bonchev–Trinajstić information content (AvgIpc) is 3.06. The van der Waals surface area contributed by atoms with Crippen molar-refractivity contribution in [3.63, 3.8) is 0 Å². The van der Waals surface area contributed by atoms with Crippen molar-refractivity contribution in [3.8, 4) is 5.75 Å². The lowest BCUT2D eigenvalue weighted by Crippen LogP contribution is -2.41. The number of carbonyl (C=O) groups excluding carboxylic acids is 2. The number of imide groups is 1. The third-order valence-electron chi connectivity index (χ3n) is 4.44. The van der Waals surface area contributed by atoms with Crippen LogP contribution in [-0.4, -0.2) is 58.7 Å². The van der Waals surface area contributed by atoms with Gasteiger partial charge < -0.3 is 14.7 Å². The Morgan fingerprint density at radius 2 is 2.13 bits per heavy atom. The van der Waals surface area contributed by atoms with Crippen molar-refractivity contribution in [2.24, 2.45) is 0 Å². The summed E-state index contributed by atoms with van der Waals surface area (Å²) in [6.07, 6.45) is 0.688. The van der Waals surface area contributed by atoms with Gasteiger partial charge in [0.05, 0.1) is 6.54 Å². The van der Waals surface area contributed by atoms with Crippen LogP contribution < -0.4 is 4.74 Å². The second kappa shape index (κ2) is 6.20. The van der Waals surface area contributed by atoms with Crippen LogP contribution in [-0.2, 0) is 4.79 Å². The number of rotatable bonds is 5. The first-order valence-corrected chi connectivity index (χ1v) is 7.97. The number of nitrogens with zero attached hydrogens (tertiary/aromatic N) is 2. The molecule has 3 amide bonds. The molecule has 0 saturated carbocycles. The number of benzene rings is 1. The van der Waals surface area contributed by atoms with E-state index in [1.54, 1.807) is 4.90 Å². The summed E-state index contributed by atoms with van der Waals surface area (Å²) in [5.41, 5.74) is 2.13. The van der Waals surface area contributed by atoms with E-state index in [0.29, 0.717) is 12.3 Å². The first-order chi connectivity index (χ1) is 11.0. The van der Waals surface area contributed by atoms with Gasteiger partial charge in [0.1, 0.15) is 24.5 Å². The molecule has 2 atom stereocenters. The highest BCUT2D eigenvalue weighted by Crippen LogP contribution is 2.27. The van der Waals surface area contributed by atoms with Crippen molar-refractivity contribution >= 4 is 11.9 Å². The number of aliphatic hydroxyl groups is 1. The van der Waals surface area contributed by atoms with Gasteiger partial charge in [0.15, 0.2) is 0 Å². The van der Waals surface area contributed by atoms with Gasteiger partial charge in [-0.3, -0.25) is 9.69 Å². The summed E-state index contributed by atoms with van der Waals surface area (Å²) in [4.78, 5) is 27.1. The molecule has 0 spiro atoms. The first-order valence-electron chi connectivity index (χ1n) is 7.97. The Morgan fingerprint density at radius 3 is 2.83 bits per heavy atom. The molecular formula is C17H22N2O4. The molecule has 23 heavy (non-hydrogen) atoms. The zero-order chi connectivity index (χ0) is 16.6. The van der Waals surface area contributed by atoms with E-state index in [2.05, 4.69) is 0 Å². The summed E-state index contributed by atoms with van der Waals surface area (Å²) >= 11 is 0. The molecule has 1 N–H and O–H groups in total. The fraction of sp³-hybridized carbons (Fsp3) is 0.529. The fourth-order valence-electron chi connectivity index (χ4n) is 3.26. The molecule has 2 fully saturated rings. The molecule has 2 heterocycles. The number of aryl methyl sites for hydroxylation is 2. The van der Waals surface area contributed by atoms with Gasteiger partial charge in [0.25, 0.3) is 5.91 Å². The number of fused-ring (bicyclic) bond motifs is 1. The third-order valence-corrected chi connectivity index (χ3v) is 4.44. The molecule has 1 aromatic rings. The largest absolute Gasteiger partial charge is 0.491 e. The van der Waals surface area contributed by atoms with Crippen molar-refractivity contribution in [1.82, 2.24) is 9.80 Å². The van der Waals surface area contributed by atoms with E-state index in [1.165, 1.54) is 0 Å². The molecule has 2 aliphatic rings. The molecule has 1 aromatic carbocycles. The molecule has 3 rings (SSSR count). The predicted octanol–water partition coefficient (Wildman–Crippen LogP) is 1.47. The summed E-state index contributed by atoms with van der Waals surface area (Å²) in [7, 11) is 0. The molecule has 0 unspecified atom stereocenters. The van der Waals surface area contributed by atoms with Crippen LogP contribution >= 0.6 is 0 Å². The lowest BCUT2D eigenvalue weighted by molar-refractivity contribution is -0.129. The van der Waals surface area contributed by atoms with Crippen LogP contribution in [0.25, 0.3) is 0 Å². The number of β-amino-alcohol motifs (C(OH)–C–C–N with tert-alkyl or cyclic N) is 1. The van der Waals surface area contributed by atoms with Crippen molar-refractivity contribution in [2.75, 3.05) is 19.7 Å². The van der Waals surface area contributed by atoms with Gasteiger partial charge in [0, 0.05) is 6.54 Å². The number of hydrogen-bond donors (Lipinski definition) is 1. The number of amides is 3. The van der Waals surface area contributed by atoms with Gasteiger partial charge >= 0.3 is 6.03 Å². The zero-order valence-corrected chi connectivity index (χ0v) is 13.5. The molecule has 0 radical (unpaired) electrons. The van der Waals surface area contributed by atoms with Gasteiger partial charge in [-0.2, -0.15) is 0 Å². The number of urea groups is 1. The molecule has 0 aromatic heterocycles. The number of carbonyl (C=O) groups is 2. The molecule has 2 aliphatic heterocycles. The third kappa shape index (κ3) is 3.03. The Bertz CT molecular complexity index is 609. The first kappa shape index (κ1) is 15.8. The smallest absolute Gasteiger partial charge is 0.327 e. The Labute approximate surface area is 135 Å². The maximum Gasteiger partial charge on any atom is 0.327 e. The van der Waals surface area contributed by atoms with Gasteiger partial charge in [-0.05, 0) is 38.3 Å². The second-order valence-electron chi connectivity index (χ2n) is 6.32. The summed E-state index contributed by atoms with van der Waals surface area (Å²) in [5.74, 6) is 0.507. The molecule has 124 valence electrons. The maximum absolute atomic E-state index is 12.2. The van der Waals surface area contributed by atoms with Crippen LogP contribution in [0.5, 0.6) is 5.75 Å². The average molecular weight is 318 g/mol. The van der Waals surface area contributed by atoms with E-state index >= 15 is 0 Å². The summed E-state index contributed by atoms with van der Waals surface area (Å²) in [6.45, 7) is 4.60. The molecular weight excluding hydrogens is 296 g/mol. The van der Waals surface area contributed by atoms with Gasteiger partial charge in [-0.15, -0.1) is 0 Å². The van der Waals surface area contributed by atoms with Crippen molar-refractivity contribution < 1.29 is 19.4 Å². The second-order valence-corrected chi connectivity index (χ2v) is 6.32. The number of hydrogen-bond acceptors (Lipinski definition) is 4. The van der Waals surface area contributed by atoms with E-state index in [9.17, 15) is 14.7 Å². The molecule has 0 aliphatic carbocycles. The summed E-state index contributed by atoms with van der Waals surface area (Å²) in [5, 5.41) is 10.1. The minimum Gasteiger partial charge on any atom is -0.491 e. The van der Waals surface area contributed by atoms with Crippen LogP contribution in [0.3, 0.4) is 0 Å². The van der Waals surface area contributed by atoms with Crippen LogP contribution in [0.2, 0.25) is 0 Å². The van der Waals surface area contributed by atoms with Crippen molar-refractivity contribution in [2.45, 2.75) is 38.8 Å². The quantitative estimate of drug-likeness (QED) is 0.835. The van der Waals surface area contributed by atoms with Gasteiger partial charge in [-0.1, -0.05) is 17.7 Å². The molecule has 6 heteroatoms. The molecule has 0 bridgehead atoms. The Kier molecular flexibility index (Phi) is 4.26. The SMILES string of the molecule is Cc1ccc(OC[C@H](O)CN2C(=O)[C@H]3CCCN3C2=O)c(C)c1. The summed E-state index contributed by atoms with van der Waals surface area (Å²) in [6, 6.07) is 5.19. The van der Waals surface area contributed by atoms with E-state index in [4.69, 9.17) is 4.74 Å². The van der Waals surface area contributed by atoms with Crippen molar-refractivity contribution in [3.05, 3.63) is 29.3 Å². The standard InChI is InChI=1S/C17H22N2O4/c1-11-5-6-15(12(2)8-11)23-10-13(20)9-19-16(21)14-4-3-7-18(14)17(19)22/h5-6,8,13-14,20H,3-4,7,9-10H2,1-2H3/t13-,14-/m1/s1. The summed E-state index contributed by atoms with van der Waals surface area (Å²) < 4.78 is 5.62. The van der Waals surface area contributed by atoms with Gasteiger partial charge in [0.2, 0.25) is 0 Å². The fourth-order valence-corrected chi connectivity index (χ4v) is 3.26. The lowest BCUT2D eigenvalue weighted by atomic mass is 10.1. The van der Waals surface area contributed by atoms with E-state index in [0.717, 1.165) is 28.9 Å². The highest BCUT2D eigenvalue weighted by atomic mass is 16.5. The van der Waals surface area contributed by atoms with Crippen LogP contribution in [0.1, 0.15) is 24.0 Å².